The third kappa shape index (κ3) is 4.13. The van der Waals surface area contributed by atoms with Crippen LogP contribution in [0, 0.1) is 6.92 Å². The molecule has 2 aliphatic heterocycles. The molecular weight excluding hydrogens is 348 g/mol. The van der Waals surface area contributed by atoms with Crippen molar-refractivity contribution in [1.82, 2.24) is 9.80 Å². The van der Waals surface area contributed by atoms with E-state index in [4.69, 9.17) is 4.74 Å². The SMILES string of the molecule is Cc1ccccc1CN1CCC2(CC1)OCCN(CCc1ccccc1)C2=O. The summed E-state index contributed by atoms with van der Waals surface area (Å²) in [5.41, 5.74) is 3.39. The minimum atomic E-state index is -0.600. The monoisotopic (exact) mass is 378 g/mol. The van der Waals surface area contributed by atoms with Gasteiger partial charge in [-0.1, -0.05) is 54.6 Å². The molecule has 2 saturated heterocycles. The van der Waals surface area contributed by atoms with Gasteiger partial charge in [0.05, 0.1) is 6.61 Å². The average Bonchev–Trinajstić information content (AvgIpc) is 2.73. The number of benzene rings is 2. The first-order chi connectivity index (χ1) is 13.7. The molecule has 0 bridgehead atoms. The van der Waals surface area contributed by atoms with Gasteiger partial charge in [-0.05, 0) is 42.9 Å². The second kappa shape index (κ2) is 8.46. The van der Waals surface area contributed by atoms with Gasteiger partial charge in [0.2, 0.25) is 0 Å². The summed E-state index contributed by atoms with van der Waals surface area (Å²) in [4.78, 5) is 17.7. The Morgan fingerprint density at radius 3 is 2.43 bits per heavy atom. The Morgan fingerprint density at radius 2 is 1.68 bits per heavy atom. The summed E-state index contributed by atoms with van der Waals surface area (Å²) in [6, 6.07) is 19.0. The van der Waals surface area contributed by atoms with Crippen molar-refractivity contribution >= 4 is 5.91 Å². The zero-order chi connectivity index (χ0) is 19.4. The molecular formula is C24H30N2O2. The van der Waals surface area contributed by atoms with Gasteiger partial charge in [-0.3, -0.25) is 9.69 Å². The molecule has 0 aliphatic carbocycles. The number of carbonyl (C=O) groups is 1. The van der Waals surface area contributed by atoms with Crippen LogP contribution >= 0.6 is 0 Å². The number of carbonyl (C=O) groups excluding carboxylic acids is 1. The Bertz CT molecular complexity index is 797. The summed E-state index contributed by atoms with van der Waals surface area (Å²) in [5, 5.41) is 0. The summed E-state index contributed by atoms with van der Waals surface area (Å²) < 4.78 is 6.11. The van der Waals surface area contributed by atoms with Crippen LogP contribution in [0.5, 0.6) is 0 Å². The smallest absolute Gasteiger partial charge is 0.255 e. The molecule has 4 heteroatoms. The highest BCUT2D eigenvalue weighted by molar-refractivity contribution is 5.86. The van der Waals surface area contributed by atoms with Gasteiger partial charge in [0.1, 0.15) is 5.60 Å². The standard InChI is InChI=1S/C24H30N2O2/c1-20-7-5-6-10-22(20)19-25-15-12-24(13-16-25)23(27)26(17-18-28-24)14-11-21-8-3-2-4-9-21/h2-10H,11-19H2,1H3. The molecule has 2 aliphatic rings. The first-order valence-electron chi connectivity index (χ1n) is 10.4. The van der Waals surface area contributed by atoms with Crippen molar-refractivity contribution in [3.63, 3.8) is 0 Å². The van der Waals surface area contributed by atoms with Crippen LogP contribution < -0.4 is 0 Å². The fourth-order valence-corrected chi connectivity index (χ4v) is 4.38. The molecule has 0 N–H and O–H groups in total. The zero-order valence-corrected chi connectivity index (χ0v) is 16.8. The van der Waals surface area contributed by atoms with Gasteiger partial charge < -0.3 is 9.64 Å². The van der Waals surface area contributed by atoms with Crippen LogP contribution in [0.15, 0.2) is 54.6 Å². The van der Waals surface area contributed by atoms with Gasteiger partial charge in [0.15, 0.2) is 0 Å². The van der Waals surface area contributed by atoms with Crippen LogP contribution in [-0.4, -0.2) is 54.1 Å². The average molecular weight is 379 g/mol. The van der Waals surface area contributed by atoms with E-state index in [9.17, 15) is 4.79 Å². The highest BCUT2D eigenvalue weighted by Crippen LogP contribution is 2.32. The van der Waals surface area contributed by atoms with Crippen molar-refractivity contribution < 1.29 is 9.53 Å². The van der Waals surface area contributed by atoms with Crippen LogP contribution in [-0.2, 0) is 22.5 Å². The lowest BCUT2D eigenvalue weighted by Crippen LogP contribution is -2.60. The molecule has 0 saturated carbocycles. The van der Waals surface area contributed by atoms with Crippen LogP contribution in [0.3, 0.4) is 0 Å². The second-order valence-corrected chi connectivity index (χ2v) is 8.07. The van der Waals surface area contributed by atoms with E-state index in [1.807, 2.05) is 11.0 Å². The highest BCUT2D eigenvalue weighted by Gasteiger charge is 2.46. The fourth-order valence-electron chi connectivity index (χ4n) is 4.38. The lowest BCUT2D eigenvalue weighted by Gasteiger charge is -2.46. The van der Waals surface area contributed by atoms with Crippen molar-refractivity contribution in [2.45, 2.75) is 38.3 Å². The number of nitrogens with zero attached hydrogens (tertiary/aromatic N) is 2. The first kappa shape index (κ1) is 19.2. The zero-order valence-electron chi connectivity index (χ0n) is 16.8. The molecule has 2 heterocycles. The maximum absolute atomic E-state index is 13.2. The van der Waals surface area contributed by atoms with E-state index in [1.54, 1.807) is 0 Å². The predicted molar refractivity (Wildman–Crippen MR) is 111 cm³/mol. The van der Waals surface area contributed by atoms with E-state index in [2.05, 4.69) is 60.4 Å². The lowest BCUT2D eigenvalue weighted by atomic mass is 9.88. The molecule has 4 rings (SSSR count). The van der Waals surface area contributed by atoms with Gasteiger partial charge in [-0.15, -0.1) is 0 Å². The van der Waals surface area contributed by atoms with E-state index < -0.39 is 5.60 Å². The van der Waals surface area contributed by atoms with Crippen molar-refractivity contribution in [1.29, 1.82) is 0 Å². The van der Waals surface area contributed by atoms with Gasteiger partial charge in [0.25, 0.3) is 5.91 Å². The van der Waals surface area contributed by atoms with Crippen LogP contribution in [0.4, 0.5) is 0 Å². The van der Waals surface area contributed by atoms with Crippen molar-refractivity contribution in [2.75, 3.05) is 32.8 Å². The molecule has 1 amide bonds. The van der Waals surface area contributed by atoms with Gasteiger partial charge in [-0.2, -0.15) is 0 Å². The lowest BCUT2D eigenvalue weighted by molar-refractivity contribution is -0.179. The Morgan fingerprint density at radius 1 is 0.964 bits per heavy atom. The number of hydrogen-bond acceptors (Lipinski definition) is 3. The predicted octanol–water partition coefficient (Wildman–Crippen LogP) is 3.43. The summed E-state index contributed by atoms with van der Waals surface area (Å²) in [6.45, 7) is 7.08. The van der Waals surface area contributed by atoms with Gasteiger partial charge >= 0.3 is 0 Å². The minimum Gasteiger partial charge on any atom is -0.363 e. The Kier molecular flexibility index (Phi) is 5.79. The van der Waals surface area contributed by atoms with Crippen molar-refractivity contribution in [2.24, 2.45) is 0 Å². The van der Waals surface area contributed by atoms with E-state index in [0.29, 0.717) is 13.2 Å². The van der Waals surface area contributed by atoms with Gasteiger partial charge in [-0.25, -0.2) is 0 Å². The maximum Gasteiger partial charge on any atom is 0.255 e. The third-order valence-electron chi connectivity index (χ3n) is 6.25. The topological polar surface area (TPSA) is 32.8 Å². The maximum atomic E-state index is 13.2. The van der Waals surface area contributed by atoms with E-state index in [0.717, 1.165) is 45.4 Å². The van der Waals surface area contributed by atoms with Crippen molar-refractivity contribution in [3.05, 3.63) is 71.3 Å². The highest BCUT2D eigenvalue weighted by atomic mass is 16.5. The Labute approximate surface area is 168 Å². The first-order valence-corrected chi connectivity index (χ1v) is 10.4. The number of hydrogen-bond donors (Lipinski definition) is 0. The number of ether oxygens (including phenoxy) is 1. The van der Waals surface area contributed by atoms with E-state index in [-0.39, 0.29) is 5.91 Å². The molecule has 28 heavy (non-hydrogen) atoms. The molecule has 4 nitrogen and oxygen atoms in total. The molecule has 0 atom stereocenters. The van der Waals surface area contributed by atoms with Gasteiger partial charge in [0, 0.05) is 32.7 Å². The fraction of sp³-hybridized carbons (Fsp3) is 0.458. The molecule has 0 unspecified atom stereocenters. The van der Waals surface area contributed by atoms with Crippen LogP contribution in [0.1, 0.15) is 29.5 Å². The molecule has 1 spiro atoms. The van der Waals surface area contributed by atoms with Crippen LogP contribution in [0.2, 0.25) is 0 Å². The third-order valence-corrected chi connectivity index (χ3v) is 6.25. The minimum absolute atomic E-state index is 0.199. The molecule has 0 radical (unpaired) electrons. The normalized spacial score (nSPS) is 19.9. The number of piperidine rings is 1. The number of rotatable bonds is 5. The number of amides is 1. The van der Waals surface area contributed by atoms with Crippen LogP contribution in [0.25, 0.3) is 0 Å². The molecule has 148 valence electrons. The largest absolute Gasteiger partial charge is 0.363 e. The molecule has 2 fully saturated rings. The molecule has 2 aromatic rings. The Balaban J connectivity index is 1.34. The van der Waals surface area contributed by atoms with E-state index in [1.165, 1.54) is 16.7 Å². The number of likely N-dealkylation sites (tertiary alicyclic amines) is 1. The van der Waals surface area contributed by atoms with Crippen molar-refractivity contribution in [3.8, 4) is 0 Å². The number of morpholine rings is 1. The quantitative estimate of drug-likeness (QED) is 0.799. The molecule has 2 aromatic carbocycles. The summed E-state index contributed by atoms with van der Waals surface area (Å²) in [5.74, 6) is 0.199. The van der Waals surface area contributed by atoms with E-state index >= 15 is 0 Å². The second-order valence-electron chi connectivity index (χ2n) is 8.07. The number of aryl methyl sites for hydroxylation is 1. The Hall–Kier alpha value is -2.17. The summed E-state index contributed by atoms with van der Waals surface area (Å²) in [7, 11) is 0. The summed E-state index contributed by atoms with van der Waals surface area (Å²) >= 11 is 0. The molecule has 0 aromatic heterocycles. The summed E-state index contributed by atoms with van der Waals surface area (Å²) in [6.07, 6.45) is 2.49.